The molecule has 228 valence electrons. The van der Waals surface area contributed by atoms with E-state index < -0.39 is 15.6 Å². The number of carbonyl (C=O) groups excluding carboxylic acids is 1. The zero-order chi connectivity index (χ0) is 32.0. The third kappa shape index (κ3) is 7.72. The number of halogens is 3. The molecule has 10 heteroatoms. The highest BCUT2D eigenvalue weighted by molar-refractivity contribution is 7.97. The van der Waals surface area contributed by atoms with Gasteiger partial charge in [0.2, 0.25) is 0 Å². The predicted molar refractivity (Wildman–Crippen MR) is 168 cm³/mol. The van der Waals surface area contributed by atoms with Crippen LogP contribution in [0.5, 0.6) is 5.75 Å². The molecular weight excluding hydrogens is 622 g/mol. The van der Waals surface area contributed by atoms with E-state index in [9.17, 15) is 18.0 Å². The Morgan fingerprint density at radius 3 is 1.49 bits per heavy atom. The third-order valence-electron chi connectivity index (χ3n) is 6.74. The molecule has 0 N–H and O–H groups in total. The summed E-state index contributed by atoms with van der Waals surface area (Å²) in [5, 5.41) is 4.43. The van der Waals surface area contributed by atoms with Gasteiger partial charge >= 0.3 is 11.5 Å². The van der Waals surface area contributed by atoms with Crippen molar-refractivity contribution in [3.63, 3.8) is 0 Å². The molecule has 0 spiro atoms. The average molecular weight is 647 g/mol. The smallest absolute Gasteiger partial charge is 0.485 e. The van der Waals surface area contributed by atoms with Gasteiger partial charge in [-0.1, -0.05) is 84.9 Å². The standard InChI is InChI=1S/C34H25O2S.CHF3O3S/c35-34(24-33-31-17-9-7-11-25(31)23-26-12-8-10-18-32(26)33)36-27-19-21-30(22-20-27)37(28-13-3-1-4-14-28)29-15-5-2-6-16-29;2-1(3,4)8(5,6)7/h1-23H,24H2;(H,5,6,7)/q+1;/p-1. The van der Waals surface area contributed by atoms with Crippen LogP contribution in [0.25, 0.3) is 21.5 Å². The highest BCUT2D eigenvalue weighted by atomic mass is 32.2. The van der Waals surface area contributed by atoms with E-state index in [0.29, 0.717) is 5.75 Å². The van der Waals surface area contributed by atoms with Crippen molar-refractivity contribution < 1.29 is 35.7 Å². The molecule has 0 radical (unpaired) electrons. The Morgan fingerprint density at radius 1 is 0.644 bits per heavy atom. The number of hydrogen-bond acceptors (Lipinski definition) is 5. The van der Waals surface area contributed by atoms with Crippen LogP contribution in [0.1, 0.15) is 5.56 Å². The second-order valence-corrected chi connectivity index (χ2v) is 13.1. The first kappa shape index (κ1) is 31.8. The Labute approximate surface area is 261 Å². The van der Waals surface area contributed by atoms with Crippen LogP contribution in [0.2, 0.25) is 0 Å². The molecule has 0 aliphatic carbocycles. The van der Waals surface area contributed by atoms with Crippen molar-refractivity contribution in [2.24, 2.45) is 0 Å². The van der Waals surface area contributed by atoms with E-state index >= 15 is 0 Å². The number of alkyl halides is 3. The fraction of sp³-hybridized carbons (Fsp3) is 0.0571. The van der Waals surface area contributed by atoms with Gasteiger partial charge in [0, 0.05) is 0 Å². The molecule has 0 heterocycles. The second-order valence-electron chi connectivity index (χ2n) is 9.75. The van der Waals surface area contributed by atoms with Gasteiger partial charge in [-0.2, -0.15) is 13.2 Å². The maximum atomic E-state index is 13.1. The third-order valence-corrected chi connectivity index (χ3v) is 9.53. The topological polar surface area (TPSA) is 83.5 Å². The summed E-state index contributed by atoms with van der Waals surface area (Å²) >= 11 is 0. The summed E-state index contributed by atoms with van der Waals surface area (Å²) in [7, 11) is -6.33. The maximum Gasteiger partial charge on any atom is 0.485 e. The SMILES string of the molecule is O=C(Cc1c2ccccc2cc2ccccc12)Oc1ccc([S+](c2ccccc2)c2ccccc2)cc1.O=S(=O)([O-])C(F)(F)F. The van der Waals surface area contributed by atoms with Gasteiger partial charge in [-0.25, -0.2) is 8.42 Å². The number of fused-ring (bicyclic) bond motifs is 2. The van der Waals surface area contributed by atoms with Crippen molar-refractivity contribution in [1.29, 1.82) is 0 Å². The summed E-state index contributed by atoms with van der Waals surface area (Å²) in [5.41, 5.74) is -4.64. The lowest BCUT2D eigenvalue weighted by Gasteiger charge is -2.12. The number of benzene rings is 6. The molecule has 5 nitrogen and oxygen atoms in total. The van der Waals surface area contributed by atoms with Crippen LogP contribution in [0.4, 0.5) is 13.2 Å². The molecule has 0 aromatic heterocycles. The normalized spacial score (nSPS) is 11.7. The van der Waals surface area contributed by atoms with Crippen LogP contribution < -0.4 is 4.74 Å². The van der Waals surface area contributed by atoms with Gasteiger partial charge in [0.05, 0.1) is 17.3 Å². The summed E-state index contributed by atoms with van der Waals surface area (Å²) in [6.45, 7) is 0. The molecule has 0 bridgehead atoms. The minimum absolute atomic E-state index is 0.210. The first-order valence-electron chi connectivity index (χ1n) is 13.6. The summed E-state index contributed by atoms with van der Waals surface area (Å²) in [4.78, 5) is 16.8. The Hall–Kier alpha value is -4.64. The van der Waals surface area contributed by atoms with Crippen molar-refractivity contribution in [3.05, 3.63) is 145 Å². The molecule has 6 aromatic rings. The van der Waals surface area contributed by atoms with E-state index in [-0.39, 0.29) is 23.3 Å². The second kappa shape index (κ2) is 13.6. The lowest BCUT2D eigenvalue weighted by atomic mass is 9.95. The zero-order valence-corrected chi connectivity index (χ0v) is 25.1. The van der Waals surface area contributed by atoms with E-state index in [1.54, 1.807) is 0 Å². The van der Waals surface area contributed by atoms with Gasteiger partial charge in [-0.15, -0.1) is 0 Å². The van der Waals surface area contributed by atoms with Gasteiger partial charge in [0.25, 0.3) is 0 Å². The molecule has 0 aliphatic rings. The largest absolute Gasteiger partial charge is 0.741 e. The highest BCUT2D eigenvalue weighted by Crippen LogP contribution is 2.33. The van der Waals surface area contributed by atoms with Gasteiger partial charge in [0.15, 0.2) is 24.8 Å². The molecular formula is C35H25F3O5S2. The fourth-order valence-corrected chi connectivity index (χ4v) is 6.86. The number of carbonyl (C=O) groups is 1. The molecule has 0 atom stereocenters. The molecule has 0 amide bonds. The summed E-state index contributed by atoms with van der Waals surface area (Å²) < 4.78 is 64.7. The Bertz CT molecular complexity index is 1940. The maximum absolute atomic E-state index is 13.1. The lowest BCUT2D eigenvalue weighted by molar-refractivity contribution is -0.133. The van der Waals surface area contributed by atoms with Gasteiger partial charge in [-0.3, -0.25) is 4.79 Å². The molecule has 0 saturated carbocycles. The number of ether oxygens (including phenoxy) is 1. The lowest BCUT2D eigenvalue weighted by Crippen LogP contribution is -2.21. The van der Waals surface area contributed by atoms with Crippen LogP contribution in [0, 0.1) is 0 Å². The molecule has 6 aromatic carbocycles. The zero-order valence-electron chi connectivity index (χ0n) is 23.5. The minimum atomic E-state index is -6.09. The molecule has 0 aliphatic heterocycles. The Kier molecular flexibility index (Phi) is 9.57. The minimum Gasteiger partial charge on any atom is -0.741 e. The summed E-state index contributed by atoms with van der Waals surface area (Å²) in [6, 6.07) is 47.6. The average Bonchev–Trinajstić information content (AvgIpc) is 3.02. The predicted octanol–water partition coefficient (Wildman–Crippen LogP) is 8.29. The van der Waals surface area contributed by atoms with E-state index in [4.69, 9.17) is 17.7 Å². The molecule has 0 unspecified atom stereocenters. The Morgan fingerprint density at radius 2 is 1.04 bits per heavy atom. The van der Waals surface area contributed by atoms with Crippen molar-refractivity contribution in [3.8, 4) is 5.75 Å². The highest BCUT2D eigenvalue weighted by Gasteiger charge is 2.37. The molecule has 45 heavy (non-hydrogen) atoms. The monoisotopic (exact) mass is 646 g/mol. The van der Waals surface area contributed by atoms with Crippen LogP contribution in [-0.4, -0.2) is 24.4 Å². The Balaban J connectivity index is 0.000000444. The van der Waals surface area contributed by atoms with Crippen LogP contribution in [0.15, 0.2) is 154 Å². The van der Waals surface area contributed by atoms with Gasteiger partial charge < -0.3 is 9.29 Å². The van der Waals surface area contributed by atoms with E-state index in [2.05, 4.69) is 91.0 Å². The number of rotatable bonds is 6. The molecule has 6 rings (SSSR count). The fourth-order valence-electron chi connectivity index (χ4n) is 4.78. The van der Waals surface area contributed by atoms with Crippen molar-refractivity contribution in [1.82, 2.24) is 0 Å². The summed E-state index contributed by atoms with van der Waals surface area (Å²) in [6.07, 6.45) is 0.210. The first-order valence-corrected chi connectivity index (χ1v) is 16.2. The molecule has 0 saturated heterocycles. The van der Waals surface area contributed by atoms with Crippen molar-refractivity contribution in [2.45, 2.75) is 26.6 Å². The van der Waals surface area contributed by atoms with Crippen molar-refractivity contribution >= 4 is 48.5 Å². The van der Waals surface area contributed by atoms with Crippen LogP contribution in [-0.2, 0) is 32.2 Å². The van der Waals surface area contributed by atoms with Gasteiger partial charge in [-0.05, 0) is 81.7 Å². The summed E-state index contributed by atoms with van der Waals surface area (Å²) in [5.74, 6) is 0.294. The van der Waals surface area contributed by atoms with Gasteiger partial charge in [0.1, 0.15) is 5.75 Å². The van der Waals surface area contributed by atoms with E-state index in [1.807, 2.05) is 48.5 Å². The quantitative estimate of drug-likeness (QED) is 0.0454. The van der Waals surface area contributed by atoms with E-state index in [1.165, 1.54) is 14.7 Å². The van der Waals surface area contributed by atoms with Crippen LogP contribution in [0.3, 0.4) is 0 Å². The van der Waals surface area contributed by atoms with E-state index in [0.717, 1.165) is 27.1 Å². The first-order chi connectivity index (χ1) is 21.5. The molecule has 0 fully saturated rings. The van der Waals surface area contributed by atoms with Crippen molar-refractivity contribution in [2.75, 3.05) is 0 Å². The number of hydrogen-bond donors (Lipinski definition) is 0. The number of esters is 1. The van der Waals surface area contributed by atoms with Crippen LogP contribution >= 0.6 is 0 Å².